The molecule has 0 aromatic heterocycles. The van der Waals surface area contributed by atoms with Crippen molar-refractivity contribution in [2.24, 2.45) is 5.92 Å². The van der Waals surface area contributed by atoms with Gasteiger partial charge in [0.1, 0.15) is 6.10 Å². The molecule has 1 aliphatic heterocycles. The van der Waals surface area contributed by atoms with E-state index in [1.807, 2.05) is 4.90 Å². The summed E-state index contributed by atoms with van der Waals surface area (Å²) in [5.74, 6) is 0.824. The Morgan fingerprint density at radius 3 is 1.60 bits per heavy atom. The maximum Gasteiger partial charge on any atom is 0.251 e. The fourth-order valence-electron chi connectivity index (χ4n) is 3.75. The Bertz CT molecular complexity index is 324. The molecule has 25 heavy (non-hydrogen) atoms. The molecule has 1 heterocycles. The summed E-state index contributed by atoms with van der Waals surface area (Å²) in [4.78, 5) is 13.8. The number of amides is 1. The number of carbonyl (C=O) groups is 1. The number of likely N-dealkylation sites (tertiary alicyclic amines) is 1. The molecular weight excluding hydrogens is 310 g/mol. The predicted octanol–water partition coefficient (Wildman–Crippen LogP) is 5.70. The van der Waals surface area contributed by atoms with E-state index in [2.05, 4.69) is 13.8 Å². The highest BCUT2D eigenvalue weighted by molar-refractivity contribution is 5.80. The van der Waals surface area contributed by atoms with Gasteiger partial charge in [-0.05, 0) is 25.2 Å². The van der Waals surface area contributed by atoms with Crippen molar-refractivity contribution < 1.29 is 9.90 Å². The summed E-state index contributed by atoms with van der Waals surface area (Å²) < 4.78 is 0. The van der Waals surface area contributed by atoms with E-state index in [0.29, 0.717) is 6.42 Å². The maximum atomic E-state index is 12.0. The van der Waals surface area contributed by atoms with Crippen molar-refractivity contribution in [2.75, 3.05) is 13.1 Å². The van der Waals surface area contributed by atoms with Crippen LogP contribution in [0.2, 0.25) is 0 Å². The number of rotatable bonds is 15. The summed E-state index contributed by atoms with van der Waals surface area (Å²) >= 11 is 0. The fraction of sp³-hybridized carbons (Fsp3) is 0.955. The minimum Gasteiger partial charge on any atom is -0.383 e. The number of nitrogens with zero attached hydrogens (tertiary/aromatic N) is 1. The number of hydrogen-bond donors (Lipinski definition) is 1. The minimum absolute atomic E-state index is 0.0362. The number of unbranched alkanes of at least 4 members (excludes halogenated alkanes) is 10. The van der Waals surface area contributed by atoms with Gasteiger partial charge in [0.15, 0.2) is 0 Å². The van der Waals surface area contributed by atoms with Gasteiger partial charge in [0.2, 0.25) is 0 Å². The van der Waals surface area contributed by atoms with Gasteiger partial charge in [-0.3, -0.25) is 4.79 Å². The van der Waals surface area contributed by atoms with Crippen molar-refractivity contribution in [2.45, 2.75) is 116 Å². The van der Waals surface area contributed by atoms with Crippen molar-refractivity contribution in [1.82, 2.24) is 4.90 Å². The molecule has 3 heteroatoms. The monoisotopic (exact) mass is 353 g/mol. The largest absolute Gasteiger partial charge is 0.383 e. The predicted molar refractivity (Wildman–Crippen MR) is 107 cm³/mol. The fourth-order valence-corrected chi connectivity index (χ4v) is 3.75. The molecule has 1 N–H and O–H groups in total. The van der Waals surface area contributed by atoms with Crippen LogP contribution in [-0.4, -0.2) is 35.1 Å². The van der Waals surface area contributed by atoms with E-state index in [0.717, 1.165) is 44.7 Å². The van der Waals surface area contributed by atoms with Crippen LogP contribution in [0.4, 0.5) is 0 Å². The first kappa shape index (κ1) is 22.5. The van der Waals surface area contributed by atoms with Crippen LogP contribution in [0.15, 0.2) is 0 Å². The normalized spacial score (nSPS) is 15.9. The first-order chi connectivity index (χ1) is 12.1. The molecule has 1 unspecified atom stereocenters. The van der Waals surface area contributed by atoms with Gasteiger partial charge < -0.3 is 10.0 Å². The Morgan fingerprint density at radius 2 is 1.16 bits per heavy atom. The van der Waals surface area contributed by atoms with Crippen molar-refractivity contribution in [3.63, 3.8) is 0 Å². The van der Waals surface area contributed by atoms with Crippen LogP contribution < -0.4 is 0 Å². The summed E-state index contributed by atoms with van der Waals surface area (Å²) in [5, 5.41) is 9.98. The second-order valence-electron chi connectivity index (χ2n) is 8.41. The van der Waals surface area contributed by atoms with Crippen LogP contribution >= 0.6 is 0 Å². The standard InChI is InChI=1S/C22H43NO2/c1-20(2)16-12-10-8-6-4-3-5-7-9-11-13-17-21(24)22(25)23-18-14-15-19-23/h20-21,24H,3-19H2,1-2H3. The minimum atomic E-state index is -0.756. The third-order valence-electron chi connectivity index (χ3n) is 5.46. The Morgan fingerprint density at radius 1 is 0.760 bits per heavy atom. The summed E-state index contributed by atoms with van der Waals surface area (Å²) in [6.45, 7) is 6.31. The molecule has 1 aliphatic rings. The zero-order valence-electron chi connectivity index (χ0n) is 17.0. The average Bonchev–Trinajstić information content (AvgIpc) is 3.12. The lowest BCUT2D eigenvalue weighted by Crippen LogP contribution is -2.37. The summed E-state index contributed by atoms with van der Waals surface area (Å²) in [6, 6.07) is 0. The molecule has 1 rings (SSSR count). The molecule has 1 saturated heterocycles. The molecule has 0 radical (unpaired) electrons. The molecule has 0 bridgehead atoms. The first-order valence-electron chi connectivity index (χ1n) is 11.1. The van der Waals surface area contributed by atoms with Gasteiger partial charge in [0, 0.05) is 13.1 Å². The van der Waals surface area contributed by atoms with Crippen LogP contribution in [0.1, 0.15) is 110 Å². The smallest absolute Gasteiger partial charge is 0.251 e. The maximum absolute atomic E-state index is 12.0. The van der Waals surface area contributed by atoms with Gasteiger partial charge in [-0.25, -0.2) is 0 Å². The zero-order chi connectivity index (χ0) is 18.3. The van der Waals surface area contributed by atoms with Crippen LogP contribution in [0.3, 0.4) is 0 Å². The lowest BCUT2D eigenvalue weighted by Gasteiger charge is -2.19. The number of aliphatic hydroxyl groups excluding tert-OH is 1. The lowest BCUT2D eigenvalue weighted by atomic mass is 10.0. The molecule has 0 aromatic rings. The second kappa shape index (κ2) is 14.6. The molecule has 0 saturated carbocycles. The van der Waals surface area contributed by atoms with Gasteiger partial charge in [-0.2, -0.15) is 0 Å². The van der Waals surface area contributed by atoms with Gasteiger partial charge >= 0.3 is 0 Å². The van der Waals surface area contributed by atoms with Gasteiger partial charge in [0.05, 0.1) is 0 Å². The van der Waals surface area contributed by atoms with Crippen molar-refractivity contribution in [1.29, 1.82) is 0 Å². The molecular formula is C22H43NO2. The number of carbonyl (C=O) groups excluding carboxylic acids is 1. The Labute approximate surface area is 156 Å². The first-order valence-corrected chi connectivity index (χ1v) is 11.1. The van der Waals surface area contributed by atoms with Crippen molar-refractivity contribution >= 4 is 5.91 Å². The Balaban J connectivity index is 1.80. The molecule has 1 atom stereocenters. The van der Waals surface area contributed by atoms with Gasteiger partial charge in [0.25, 0.3) is 5.91 Å². The lowest BCUT2D eigenvalue weighted by molar-refractivity contribution is -0.139. The van der Waals surface area contributed by atoms with Crippen molar-refractivity contribution in [3.8, 4) is 0 Å². The Kier molecular flexibility index (Phi) is 13.1. The van der Waals surface area contributed by atoms with E-state index in [4.69, 9.17) is 0 Å². The van der Waals surface area contributed by atoms with E-state index in [-0.39, 0.29) is 5.91 Å². The van der Waals surface area contributed by atoms with E-state index in [1.54, 1.807) is 0 Å². The van der Waals surface area contributed by atoms with Crippen LogP contribution in [0.5, 0.6) is 0 Å². The van der Waals surface area contributed by atoms with Gasteiger partial charge in [-0.1, -0.05) is 90.9 Å². The topological polar surface area (TPSA) is 40.5 Å². The quantitative estimate of drug-likeness (QED) is 0.384. The van der Waals surface area contributed by atoms with E-state index in [1.165, 1.54) is 64.2 Å². The highest BCUT2D eigenvalue weighted by Gasteiger charge is 2.23. The van der Waals surface area contributed by atoms with Crippen molar-refractivity contribution in [3.05, 3.63) is 0 Å². The van der Waals surface area contributed by atoms with Crippen LogP contribution in [0.25, 0.3) is 0 Å². The number of aliphatic hydroxyl groups is 1. The van der Waals surface area contributed by atoms with Crippen LogP contribution in [-0.2, 0) is 4.79 Å². The third kappa shape index (κ3) is 11.6. The molecule has 3 nitrogen and oxygen atoms in total. The molecule has 0 aromatic carbocycles. The Hall–Kier alpha value is -0.570. The zero-order valence-corrected chi connectivity index (χ0v) is 17.0. The number of hydrogen-bond acceptors (Lipinski definition) is 2. The van der Waals surface area contributed by atoms with E-state index >= 15 is 0 Å². The molecule has 0 aliphatic carbocycles. The summed E-state index contributed by atoms with van der Waals surface area (Å²) in [6.07, 6.45) is 17.9. The molecule has 1 amide bonds. The summed E-state index contributed by atoms with van der Waals surface area (Å²) in [7, 11) is 0. The SMILES string of the molecule is CC(C)CCCCCCCCCCCCCC(O)C(=O)N1CCCC1. The second-order valence-corrected chi connectivity index (χ2v) is 8.41. The van der Waals surface area contributed by atoms with Crippen LogP contribution in [0, 0.1) is 5.92 Å². The average molecular weight is 354 g/mol. The molecule has 1 fully saturated rings. The highest BCUT2D eigenvalue weighted by Crippen LogP contribution is 2.15. The third-order valence-corrected chi connectivity index (χ3v) is 5.46. The molecule has 0 spiro atoms. The highest BCUT2D eigenvalue weighted by atomic mass is 16.3. The molecule has 148 valence electrons. The van der Waals surface area contributed by atoms with E-state index < -0.39 is 6.10 Å². The van der Waals surface area contributed by atoms with Gasteiger partial charge in [-0.15, -0.1) is 0 Å². The van der Waals surface area contributed by atoms with E-state index in [9.17, 15) is 9.90 Å². The summed E-state index contributed by atoms with van der Waals surface area (Å²) in [5.41, 5.74) is 0.